The fourth-order valence-corrected chi connectivity index (χ4v) is 3.16. The van der Waals surface area contributed by atoms with Crippen LogP contribution in [-0.2, 0) is 4.79 Å². The molecule has 0 aromatic carbocycles. The number of rotatable bonds is 4. The lowest BCUT2D eigenvalue weighted by atomic mass is 10.1. The van der Waals surface area contributed by atoms with Gasteiger partial charge in [-0.15, -0.1) is 0 Å². The van der Waals surface area contributed by atoms with Crippen LogP contribution in [0.5, 0.6) is 0 Å². The molecule has 2 rings (SSSR count). The zero-order valence-electron chi connectivity index (χ0n) is 13.6. The number of amides is 1. The molecule has 0 aromatic rings. The highest BCUT2D eigenvalue weighted by atomic mass is 16.3. The summed E-state index contributed by atoms with van der Waals surface area (Å²) >= 11 is 0. The third kappa shape index (κ3) is 4.92. The second kappa shape index (κ2) is 7.05. The molecular weight excluding hydrogens is 268 g/mol. The molecule has 2 saturated heterocycles. The van der Waals surface area contributed by atoms with Crippen molar-refractivity contribution in [3.8, 4) is 0 Å². The Hall–Kier alpha value is -0.690. The molecule has 1 unspecified atom stereocenters. The van der Waals surface area contributed by atoms with Gasteiger partial charge in [0.15, 0.2) is 0 Å². The van der Waals surface area contributed by atoms with Crippen LogP contribution < -0.4 is 5.32 Å². The van der Waals surface area contributed by atoms with Crippen LogP contribution in [-0.4, -0.2) is 96.3 Å². The molecule has 2 aliphatic heterocycles. The Bertz CT molecular complexity index is 342. The van der Waals surface area contributed by atoms with Gasteiger partial charge in [0.05, 0.1) is 11.6 Å². The summed E-state index contributed by atoms with van der Waals surface area (Å²) in [6, 6.07) is -0.0204. The van der Waals surface area contributed by atoms with Crippen molar-refractivity contribution in [3.05, 3.63) is 0 Å². The summed E-state index contributed by atoms with van der Waals surface area (Å²) in [5, 5.41) is 13.2. The van der Waals surface area contributed by atoms with E-state index in [1.807, 2.05) is 25.7 Å². The monoisotopic (exact) mass is 298 g/mol. The minimum Gasteiger partial charge on any atom is -0.389 e. The molecule has 1 amide bonds. The van der Waals surface area contributed by atoms with E-state index in [4.69, 9.17) is 0 Å². The van der Waals surface area contributed by atoms with Gasteiger partial charge in [-0.05, 0) is 20.8 Å². The van der Waals surface area contributed by atoms with E-state index in [1.54, 1.807) is 0 Å². The molecule has 2 N–H and O–H groups in total. The number of β-amino-alcohol motifs (C(OH)–C–C–N with tert-alkyl or cyclic N) is 1. The molecule has 0 radical (unpaired) electrons. The first-order valence-corrected chi connectivity index (χ1v) is 8.05. The summed E-state index contributed by atoms with van der Waals surface area (Å²) in [7, 11) is 0. The number of carbonyl (C=O) groups is 1. The van der Waals surface area contributed by atoms with Crippen LogP contribution in [0.2, 0.25) is 0 Å². The van der Waals surface area contributed by atoms with Crippen molar-refractivity contribution in [2.75, 3.05) is 58.9 Å². The topological polar surface area (TPSA) is 59.1 Å². The third-order valence-electron chi connectivity index (χ3n) is 4.35. The van der Waals surface area contributed by atoms with Gasteiger partial charge < -0.3 is 15.3 Å². The maximum absolute atomic E-state index is 12.6. The lowest BCUT2D eigenvalue weighted by Gasteiger charge is -2.40. The second-order valence-electron chi connectivity index (χ2n) is 6.88. The number of nitrogens with one attached hydrogen (secondary N) is 1. The van der Waals surface area contributed by atoms with E-state index in [9.17, 15) is 9.90 Å². The Labute approximate surface area is 128 Å². The predicted octanol–water partition coefficient (Wildman–Crippen LogP) is -0.805. The van der Waals surface area contributed by atoms with Gasteiger partial charge in [-0.3, -0.25) is 14.6 Å². The van der Waals surface area contributed by atoms with Gasteiger partial charge in [0.25, 0.3) is 0 Å². The van der Waals surface area contributed by atoms with Gasteiger partial charge in [0.1, 0.15) is 0 Å². The molecule has 1 atom stereocenters. The van der Waals surface area contributed by atoms with Crippen LogP contribution in [0.4, 0.5) is 0 Å². The van der Waals surface area contributed by atoms with Crippen molar-refractivity contribution >= 4 is 5.91 Å². The van der Waals surface area contributed by atoms with Crippen molar-refractivity contribution in [2.45, 2.75) is 32.4 Å². The second-order valence-corrected chi connectivity index (χ2v) is 6.88. The summed E-state index contributed by atoms with van der Waals surface area (Å²) in [5.41, 5.74) is -0.666. The smallest absolute Gasteiger partial charge is 0.239 e. The van der Waals surface area contributed by atoms with Gasteiger partial charge in [-0.2, -0.15) is 0 Å². The van der Waals surface area contributed by atoms with E-state index in [1.165, 1.54) is 0 Å². The number of aliphatic hydroxyl groups is 1. The van der Waals surface area contributed by atoms with Crippen LogP contribution in [0.15, 0.2) is 0 Å². The van der Waals surface area contributed by atoms with Gasteiger partial charge in [-0.25, -0.2) is 0 Å². The zero-order valence-corrected chi connectivity index (χ0v) is 13.6. The third-order valence-corrected chi connectivity index (χ3v) is 4.35. The minimum atomic E-state index is -0.666. The van der Waals surface area contributed by atoms with Gasteiger partial charge in [0.2, 0.25) is 5.91 Å². The molecule has 6 nitrogen and oxygen atoms in total. The highest BCUT2D eigenvalue weighted by Gasteiger charge is 2.30. The summed E-state index contributed by atoms with van der Waals surface area (Å²) in [6.45, 7) is 13.4. The SMILES string of the molecule is CC(C(=O)N1CCN(CC(C)(C)O)CC1)N1CCNCC1. The summed E-state index contributed by atoms with van der Waals surface area (Å²) < 4.78 is 0. The van der Waals surface area contributed by atoms with E-state index in [0.717, 1.165) is 52.4 Å². The summed E-state index contributed by atoms with van der Waals surface area (Å²) in [4.78, 5) is 19.1. The quantitative estimate of drug-likeness (QED) is 0.711. The highest BCUT2D eigenvalue weighted by molar-refractivity contribution is 5.81. The van der Waals surface area contributed by atoms with Crippen molar-refractivity contribution in [3.63, 3.8) is 0 Å². The Morgan fingerprint density at radius 3 is 2.24 bits per heavy atom. The van der Waals surface area contributed by atoms with Crippen LogP contribution >= 0.6 is 0 Å². The van der Waals surface area contributed by atoms with Crippen molar-refractivity contribution in [1.82, 2.24) is 20.0 Å². The molecule has 0 saturated carbocycles. The van der Waals surface area contributed by atoms with E-state index in [-0.39, 0.29) is 11.9 Å². The standard InChI is InChI=1S/C15H30N4O2/c1-13(18-6-4-16-5-7-18)14(20)19-10-8-17(9-11-19)12-15(2,3)21/h13,16,21H,4-12H2,1-3H3. The fraction of sp³-hybridized carbons (Fsp3) is 0.933. The molecule has 6 heteroatoms. The molecular formula is C15H30N4O2. The summed E-state index contributed by atoms with van der Waals surface area (Å²) in [6.07, 6.45) is 0. The van der Waals surface area contributed by atoms with Gasteiger partial charge >= 0.3 is 0 Å². The maximum atomic E-state index is 12.6. The van der Waals surface area contributed by atoms with E-state index in [2.05, 4.69) is 15.1 Å². The predicted molar refractivity (Wildman–Crippen MR) is 83.2 cm³/mol. The Balaban J connectivity index is 1.79. The average Bonchev–Trinajstić information content (AvgIpc) is 2.46. The van der Waals surface area contributed by atoms with Crippen LogP contribution in [0.25, 0.3) is 0 Å². The average molecular weight is 298 g/mol. The normalized spacial score (nSPS) is 24.1. The molecule has 2 aliphatic rings. The van der Waals surface area contributed by atoms with Crippen molar-refractivity contribution in [2.24, 2.45) is 0 Å². The Morgan fingerprint density at radius 2 is 1.71 bits per heavy atom. The minimum absolute atomic E-state index is 0.0204. The maximum Gasteiger partial charge on any atom is 0.239 e. The highest BCUT2D eigenvalue weighted by Crippen LogP contribution is 2.11. The van der Waals surface area contributed by atoms with Crippen LogP contribution in [0.3, 0.4) is 0 Å². The van der Waals surface area contributed by atoms with E-state index < -0.39 is 5.60 Å². The van der Waals surface area contributed by atoms with Crippen LogP contribution in [0.1, 0.15) is 20.8 Å². The van der Waals surface area contributed by atoms with Gasteiger partial charge in [-0.1, -0.05) is 0 Å². The lowest BCUT2D eigenvalue weighted by Crippen LogP contribution is -2.57. The van der Waals surface area contributed by atoms with Gasteiger partial charge in [0, 0.05) is 58.9 Å². The number of nitrogens with zero attached hydrogens (tertiary/aromatic N) is 3. The molecule has 0 aromatic heterocycles. The fourth-order valence-electron chi connectivity index (χ4n) is 3.16. The molecule has 2 fully saturated rings. The Kier molecular flexibility index (Phi) is 5.60. The summed E-state index contributed by atoms with van der Waals surface area (Å²) in [5.74, 6) is 0.250. The molecule has 21 heavy (non-hydrogen) atoms. The lowest BCUT2D eigenvalue weighted by molar-refractivity contribution is -0.138. The molecule has 0 bridgehead atoms. The van der Waals surface area contributed by atoms with E-state index >= 15 is 0 Å². The first-order chi connectivity index (χ1) is 9.87. The van der Waals surface area contributed by atoms with Crippen LogP contribution in [0, 0.1) is 0 Å². The number of hydrogen-bond donors (Lipinski definition) is 2. The number of carbonyl (C=O) groups excluding carboxylic acids is 1. The largest absolute Gasteiger partial charge is 0.389 e. The van der Waals surface area contributed by atoms with Crippen molar-refractivity contribution in [1.29, 1.82) is 0 Å². The number of piperazine rings is 2. The molecule has 122 valence electrons. The first-order valence-electron chi connectivity index (χ1n) is 8.05. The number of hydrogen-bond acceptors (Lipinski definition) is 5. The molecule has 0 aliphatic carbocycles. The molecule has 0 spiro atoms. The van der Waals surface area contributed by atoms with Crippen molar-refractivity contribution < 1.29 is 9.90 Å². The Morgan fingerprint density at radius 1 is 1.14 bits per heavy atom. The molecule has 2 heterocycles. The van der Waals surface area contributed by atoms with E-state index in [0.29, 0.717) is 6.54 Å². The zero-order chi connectivity index (χ0) is 15.5. The first kappa shape index (κ1) is 16.7.